The minimum absolute atomic E-state index is 0.0795. The quantitative estimate of drug-likeness (QED) is 0.702. The van der Waals surface area contributed by atoms with Crippen LogP contribution >= 0.6 is 0 Å². The zero-order valence-electron chi connectivity index (χ0n) is 15.4. The minimum Gasteiger partial charge on any atom is -0.344 e. The van der Waals surface area contributed by atoms with Crippen LogP contribution in [0, 0.1) is 0 Å². The van der Waals surface area contributed by atoms with E-state index in [0.29, 0.717) is 18.5 Å². The van der Waals surface area contributed by atoms with Gasteiger partial charge in [-0.15, -0.1) is 0 Å². The van der Waals surface area contributed by atoms with Crippen molar-refractivity contribution >= 4 is 28.3 Å². The lowest BCUT2D eigenvalue weighted by Crippen LogP contribution is -2.47. The summed E-state index contributed by atoms with van der Waals surface area (Å²) in [4.78, 5) is 33.5. The van der Waals surface area contributed by atoms with Gasteiger partial charge in [0, 0.05) is 42.9 Å². The second-order valence-corrected chi connectivity index (χ2v) is 6.86. The first-order chi connectivity index (χ1) is 13.1. The highest BCUT2D eigenvalue weighted by Gasteiger charge is 2.36. The summed E-state index contributed by atoms with van der Waals surface area (Å²) >= 11 is 0. The van der Waals surface area contributed by atoms with E-state index in [1.54, 1.807) is 30.0 Å². The van der Waals surface area contributed by atoms with Crippen LogP contribution in [0.15, 0.2) is 60.8 Å². The maximum Gasteiger partial charge on any atom is 0.259 e. The Kier molecular flexibility index (Phi) is 4.36. The summed E-state index contributed by atoms with van der Waals surface area (Å²) in [7, 11) is 1.77. The fraction of sp³-hybridized carbons (Fsp3) is 0.227. The van der Waals surface area contributed by atoms with Crippen molar-refractivity contribution in [3.8, 4) is 0 Å². The number of carbonyl (C=O) groups excluding carboxylic acids is 2. The third kappa shape index (κ3) is 2.95. The van der Waals surface area contributed by atoms with Gasteiger partial charge in [0.1, 0.15) is 6.04 Å². The van der Waals surface area contributed by atoms with Crippen LogP contribution in [-0.4, -0.2) is 41.3 Å². The summed E-state index contributed by atoms with van der Waals surface area (Å²) in [6.07, 6.45) is 2.43. The summed E-state index contributed by atoms with van der Waals surface area (Å²) in [5.41, 5.74) is 2.42. The van der Waals surface area contributed by atoms with Gasteiger partial charge in [0.15, 0.2) is 0 Å². The topological polar surface area (TPSA) is 53.5 Å². The number of hydrogen-bond donors (Lipinski definition) is 0. The summed E-state index contributed by atoms with van der Waals surface area (Å²) in [6, 6.07) is 16.7. The lowest BCUT2D eigenvalue weighted by Gasteiger charge is -2.28. The average molecular weight is 359 g/mol. The van der Waals surface area contributed by atoms with Crippen molar-refractivity contribution in [2.24, 2.45) is 0 Å². The Morgan fingerprint density at radius 2 is 1.89 bits per heavy atom. The molecule has 5 heteroatoms. The maximum absolute atomic E-state index is 13.0. The van der Waals surface area contributed by atoms with E-state index >= 15 is 0 Å². The molecule has 0 aliphatic carbocycles. The Hall–Kier alpha value is -3.21. The van der Waals surface area contributed by atoms with Gasteiger partial charge >= 0.3 is 0 Å². The van der Waals surface area contributed by atoms with Crippen molar-refractivity contribution < 1.29 is 9.59 Å². The number of benzene rings is 2. The molecule has 2 amide bonds. The van der Waals surface area contributed by atoms with Crippen LogP contribution in [0.3, 0.4) is 0 Å². The van der Waals surface area contributed by atoms with Gasteiger partial charge in [-0.3, -0.25) is 19.5 Å². The fourth-order valence-electron chi connectivity index (χ4n) is 3.69. The molecular weight excluding hydrogens is 338 g/mol. The molecule has 2 heterocycles. The van der Waals surface area contributed by atoms with E-state index < -0.39 is 6.04 Å². The van der Waals surface area contributed by atoms with Crippen molar-refractivity contribution in [2.75, 3.05) is 18.5 Å². The smallest absolute Gasteiger partial charge is 0.259 e. The summed E-state index contributed by atoms with van der Waals surface area (Å²) in [6.45, 7) is 2.35. The van der Waals surface area contributed by atoms with Gasteiger partial charge in [-0.25, -0.2) is 0 Å². The van der Waals surface area contributed by atoms with Crippen LogP contribution in [-0.2, 0) is 11.2 Å². The first-order valence-corrected chi connectivity index (χ1v) is 9.08. The Labute approximate surface area is 158 Å². The van der Waals surface area contributed by atoms with Gasteiger partial charge in [-0.1, -0.05) is 30.3 Å². The Balaban J connectivity index is 1.54. The third-order valence-corrected chi connectivity index (χ3v) is 5.14. The predicted octanol–water partition coefficient (Wildman–Crippen LogP) is 3.28. The second-order valence-electron chi connectivity index (χ2n) is 6.86. The molecule has 0 N–H and O–H groups in total. The molecule has 0 spiro atoms. The van der Waals surface area contributed by atoms with E-state index in [9.17, 15) is 9.59 Å². The van der Waals surface area contributed by atoms with Crippen molar-refractivity contribution in [3.63, 3.8) is 0 Å². The third-order valence-electron chi connectivity index (χ3n) is 5.14. The zero-order chi connectivity index (χ0) is 19.0. The van der Waals surface area contributed by atoms with Crippen molar-refractivity contribution in [2.45, 2.75) is 19.4 Å². The van der Waals surface area contributed by atoms with Crippen LogP contribution in [0.2, 0.25) is 0 Å². The normalized spacial score (nSPS) is 13.9. The zero-order valence-corrected chi connectivity index (χ0v) is 15.4. The maximum atomic E-state index is 13.0. The molecule has 1 aromatic heterocycles. The van der Waals surface area contributed by atoms with Crippen LogP contribution in [0.5, 0.6) is 0 Å². The molecule has 0 bridgehead atoms. The monoisotopic (exact) mass is 359 g/mol. The molecule has 0 saturated carbocycles. The second kappa shape index (κ2) is 6.83. The molecule has 2 aromatic carbocycles. The average Bonchev–Trinajstić information content (AvgIpc) is 3.00. The summed E-state index contributed by atoms with van der Waals surface area (Å²) in [5, 5.41) is 1.95. The van der Waals surface area contributed by atoms with Gasteiger partial charge in [0.2, 0.25) is 5.91 Å². The SMILES string of the molecule is C[C@@H](C(=O)N(C)CCc1ccccn1)N1C(=O)c2cccc3cccc1c23. The summed E-state index contributed by atoms with van der Waals surface area (Å²) < 4.78 is 0. The molecule has 0 radical (unpaired) electrons. The number of rotatable bonds is 5. The van der Waals surface area contributed by atoms with E-state index in [1.807, 2.05) is 54.6 Å². The number of nitrogens with zero attached hydrogens (tertiary/aromatic N) is 3. The molecule has 4 rings (SSSR count). The van der Waals surface area contributed by atoms with Crippen molar-refractivity contribution in [1.82, 2.24) is 9.88 Å². The number of anilines is 1. The number of carbonyl (C=O) groups is 2. The van der Waals surface area contributed by atoms with Crippen LogP contribution in [0.4, 0.5) is 5.69 Å². The fourth-order valence-corrected chi connectivity index (χ4v) is 3.69. The molecule has 27 heavy (non-hydrogen) atoms. The molecule has 0 unspecified atom stereocenters. The van der Waals surface area contributed by atoms with Crippen molar-refractivity contribution in [1.29, 1.82) is 0 Å². The van der Waals surface area contributed by atoms with Gasteiger partial charge in [-0.2, -0.15) is 0 Å². The van der Waals surface area contributed by atoms with Crippen LogP contribution < -0.4 is 4.90 Å². The predicted molar refractivity (Wildman–Crippen MR) is 106 cm³/mol. The van der Waals surface area contributed by atoms with E-state index in [4.69, 9.17) is 0 Å². The molecule has 3 aromatic rings. The van der Waals surface area contributed by atoms with E-state index in [0.717, 1.165) is 22.2 Å². The number of amides is 2. The largest absolute Gasteiger partial charge is 0.344 e. The lowest BCUT2D eigenvalue weighted by molar-refractivity contribution is -0.130. The van der Waals surface area contributed by atoms with E-state index in [1.165, 1.54) is 0 Å². The molecule has 1 atom stereocenters. The number of likely N-dealkylation sites (N-methyl/N-ethyl adjacent to an activating group) is 1. The molecule has 5 nitrogen and oxygen atoms in total. The minimum atomic E-state index is -0.566. The van der Waals surface area contributed by atoms with E-state index in [-0.39, 0.29) is 11.8 Å². The first-order valence-electron chi connectivity index (χ1n) is 9.08. The highest BCUT2D eigenvalue weighted by Crippen LogP contribution is 2.38. The highest BCUT2D eigenvalue weighted by atomic mass is 16.2. The van der Waals surface area contributed by atoms with E-state index in [2.05, 4.69) is 4.98 Å². The van der Waals surface area contributed by atoms with Gasteiger partial charge in [0.05, 0.1) is 5.69 Å². The van der Waals surface area contributed by atoms with Gasteiger partial charge in [0.25, 0.3) is 5.91 Å². The van der Waals surface area contributed by atoms with Crippen LogP contribution in [0.1, 0.15) is 23.0 Å². The summed E-state index contributed by atoms with van der Waals surface area (Å²) in [5.74, 6) is -0.190. The molecule has 1 aliphatic rings. The highest BCUT2D eigenvalue weighted by molar-refractivity contribution is 6.26. The Morgan fingerprint density at radius 1 is 1.11 bits per heavy atom. The molecule has 136 valence electrons. The first kappa shape index (κ1) is 17.2. The van der Waals surface area contributed by atoms with Crippen molar-refractivity contribution in [3.05, 3.63) is 72.1 Å². The number of aromatic nitrogens is 1. The Morgan fingerprint density at radius 3 is 2.63 bits per heavy atom. The molecule has 0 saturated heterocycles. The number of hydrogen-bond acceptors (Lipinski definition) is 3. The molecule has 0 fully saturated rings. The molecule has 1 aliphatic heterocycles. The van der Waals surface area contributed by atoms with Crippen LogP contribution in [0.25, 0.3) is 10.8 Å². The Bertz CT molecular complexity index is 1010. The number of pyridine rings is 1. The standard InChI is InChI=1S/C22H21N3O2/c1-15(21(26)24(2)14-12-17-9-3-4-13-23-17)25-19-11-6-8-16-7-5-10-18(20(16)19)22(25)27/h3-11,13,15H,12,14H2,1-2H3/t15-/m0/s1. The molecular formula is C22H21N3O2. The lowest BCUT2D eigenvalue weighted by atomic mass is 10.1. The van der Waals surface area contributed by atoms with Gasteiger partial charge in [-0.05, 0) is 36.6 Å². The van der Waals surface area contributed by atoms with Gasteiger partial charge < -0.3 is 4.90 Å².